The molecule has 0 aromatic heterocycles. The quantitative estimate of drug-likeness (QED) is 0.447. The van der Waals surface area contributed by atoms with E-state index in [0.29, 0.717) is 9.04 Å². The molecule has 2 aromatic carbocycles. The number of hydrogen-bond acceptors (Lipinski definition) is 0. The van der Waals surface area contributed by atoms with Gasteiger partial charge in [-0.1, -0.05) is 0 Å². The van der Waals surface area contributed by atoms with Gasteiger partial charge in [-0.15, -0.1) is 0 Å². The van der Waals surface area contributed by atoms with Gasteiger partial charge in [0.1, 0.15) is 0 Å². The van der Waals surface area contributed by atoms with Crippen LogP contribution in [0.5, 0.6) is 0 Å². The number of allylic oxidation sites excluding steroid dienone is 1. The molecule has 1 saturated carbocycles. The molecule has 2 aliphatic carbocycles. The molecule has 1 unspecified atom stereocenters. The van der Waals surface area contributed by atoms with Crippen molar-refractivity contribution in [2.24, 2.45) is 5.41 Å². The van der Waals surface area contributed by atoms with Crippen LogP contribution in [0.15, 0.2) is 48.0 Å². The van der Waals surface area contributed by atoms with Crippen molar-refractivity contribution in [3.8, 4) is 11.1 Å². The van der Waals surface area contributed by atoms with Crippen LogP contribution in [0.25, 0.3) is 17.2 Å². The van der Waals surface area contributed by atoms with Crippen LogP contribution in [0.1, 0.15) is 53.8 Å². The number of benzene rings is 2. The second-order valence-corrected chi connectivity index (χ2v) is 16.5. The van der Waals surface area contributed by atoms with Gasteiger partial charge in [0.15, 0.2) is 0 Å². The zero-order valence-electron chi connectivity index (χ0n) is 17.2. The predicted molar refractivity (Wildman–Crippen MR) is 117 cm³/mol. The summed E-state index contributed by atoms with van der Waals surface area (Å²) in [5, 5.41) is 1.54. The summed E-state index contributed by atoms with van der Waals surface area (Å²) in [5.74, 6) is 0. The molecule has 139 valence electrons. The monoisotopic (exact) mass is 449 g/mol. The topological polar surface area (TPSA) is 0 Å². The van der Waals surface area contributed by atoms with E-state index in [1.54, 1.807) is 41.0 Å². The van der Waals surface area contributed by atoms with Crippen molar-refractivity contribution in [2.45, 2.75) is 62.3 Å². The fourth-order valence-electron chi connectivity index (χ4n) is 4.92. The average Bonchev–Trinajstić information content (AvgIpc) is 3.19. The van der Waals surface area contributed by atoms with Crippen LogP contribution in [-0.2, 0) is 24.7 Å². The molecule has 0 bridgehead atoms. The maximum absolute atomic E-state index is 2.56. The Bertz CT molecular complexity index is 864. The van der Waals surface area contributed by atoms with E-state index in [1.807, 2.05) is 0 Å². The van der Waals surface area contributed by atoms with Gasteiger partial charge in [0.05, 0.1) is 0 Å². The molecule has 1 atom stereocenters. The van der Waals surface area contributed by atoms with E-state index in [2.05, 4.69) is 75.1 Å². The van der Waals surface area contributed by atoms with Crippen LogP contribution in [-0.4, -0.2) is 8.07 Å². The summed E-state index contributed by atoms with van der Waals surface area (Å²) in [6.07, 6.45) is 9.52. The van der Waals surface area contributed by atoms with Gasteiger partial charge in [0.2, 0.25) is 0 Å². The molecular formula is C25H31SiZr. The van der Waals surface area contributed by atoms with Crippen LogP contribution in [0, 0.1) is 5.41 Å². The summed E-state index contributed by atoms with van der Waals surface area (Å²) in [5.41, 5.74) is 8.10. The van der Waals surface area contributed by atoms with Gasteiger partial charge in [-0.2, -0.15) is 0 Å². The van der Waals surface area contributed by atoms with Crippen molar-refractivity contribution in [1.29, 1.82) is 0 Å². The summed E-state index contributed by atoms with van der Waals surface area (Å²) in [7, 11) is -1.24. The van der Waals surface area contributed by atoms with Gasteiger partial charge in [-0.05, 0) is 0 Å². The number of fused-ring (bicyclic) bond motifs is 1. The van der Waals surface area contributed by atoms with E-state index in [-0.39, 0.29) is 0 Å². The van der Waals surface area contributed by atoms with Crippen LogP contribution < -0.4 is 5.19 Å². The number of hydrogen-bond donors (Lipinski definition) is 0. The van der Waals surface area contributed by atoms with Crippen LogP contribution in [0.4, 0.5) is 0 Å². The fourth-order valence-corrected chi connectivity index (χ4v) is 7.16. The Balaban J connectivity index is 1.68. The second-order valence-electron chi connectivity index (χ2n) is 9.98. The first-order chi connectivity index (χ1) is 12.8. The summed E-state index contributed by atoms with van der Waals surface area (Å²) >= 11 is 1.64. The Labute approximate surface area is 181 Å². The molecule has 0 heterocycles. The van der Waals surface area contributed by atoms with Gasteiger partial charge >= 0.3 is 182 Å². The van der Waals surface area contributed by atoms with Crippen molar-refractivity contribution < 1.29 is 24.7 Å². The molecule has 0 nitrogen and oxygen atoms in total. The van der Waals surface area contributed by atoms with Crippen molar-refractivity contribution in [3.05, 3.63) is 59.2 Å². The van der Waals surface area contributed by atoms with E-state index in [4.69, 9.17) is 0 Å². The van der Waals surface area contributed by atoms with E-state index < -0.39 is 8.07 Å². The van der Waals surface area contributed by atoms with Gasteiger partial charge in [0.25, 0.3) is 0 Å². The first kappa shape index (κ1) is 19.6. The zero-order chi connectivity index (χ0) is 19.2. The van der Waals surface area contributed by atoms with Gasteiger partial charge in [-0.3, -0.25) is 0 Å². The Kier molecular flexibility index (Phi) is 5.27. The van der Waals surface area contributed by atoms with Crippen molar-refractivity contribution >= 4 is 19.3 Å². The van der Waals surface area contributed by atoms with Crippen molar-refractivity contribution in [2.75, 3.05) is 0 Å². The molecule has 4 rings (SSSR count). The van der Waals surface area contributed by atoms with E-state index in [9.17, 15) is 0 Å². The van der Waals surface area contributed by atoms with Gasteiger partial charge in [0, 0.05) is 0 Å². The molecule has 2 aliphatic rings. The minimum atomic E-state index is -1.24. The average molecular weight is 451 g/mol. The van der Waals surface area contributed by atoms with Crippen molar-refractivity contribution in [1.82, 2.24) is 0 Å². The van der Waals surface area contributed by atoms with Crippen LogP contribution >= 0.6 is 0 Å². The Hall–Kier alpha value is -0.720. The Morgan fingerprint density at radius 2 is 1.67 bits per heavy atom. The van der Waals surface area contributed by atoms with Crippen molar-refractivity contribution in [3.63, 3.8) is 0 Å². The molecule has 2 heteroatoms. The summed E-state index contributed by atoms with van der Waals surface area (Å²) in [6.45, 7) is 9.78. The Morgan fingerprint density at radius 1 is 1.00 bits per heavy atom. The third-order valence-corrected chi connectivity index (χ3v) is 10.4. The molecular weight excluding hydrogens is 420 g/mol. The molecule has 2 aromatic rings. The fraction of sp³-hybridized carbons (Fsp3) is 0.440. The minimum absolute atomic E-state index is 0.543. The number of rotatable bonds is 4. The molecule has 0 amide bonds. The van der Waals surface area contributed by atoms with Gasteiger partial charge < -0.3 is 0 Å². The van der Waals surface area contributed by atoms with E-state index >= 15 is 0 Å². The van der Waals surface area contributed by atoms with Crippen LogP contribution in [0.3, 0.4) is 0 Å². The maximum atomic E-state index is 2.56. The summed E-state index contributed by atoms with van der Waals surface area (Å²) in [4.78, 5) is 0. The first-order valence-corrected chi connectivity index (χ1v) is 15.3. The van der Waals surface area contributed by atoms with E-state index in [1.165, 1.54) is 48.8 Å². The third kappa shape index (κ3) is 3.90. The standard InChI is InChI=1S/C25H31Si.Zr/c1-25(14-5-6-15-25)18-19-16-21-8-7-9-23(24(21)17-19)20-10-12-22(13-11-20)26(2,3)4;/h7-13,16-17H,5-6,14-15,18H2,1-4H3;. The molecule has 0 N–H and O–H groups in total. The zero-order valence-corrected chi connectivity index (χ0v) is 20.7. The molecule has 0 spiro atoms. The molecule has 0 saturated heterocycles. The summed E-state index contributed by atoms with van der Waals surface area (Å²) in [6, 6.07) is 16.4. The molecule has 0 aliphatic heterocycles. The second kappa shape index (κ2) is 7.27. The molecule has 27 heavy (non-hydrogen) atoms. The molecule has 1 fully saturated rings. The van der Waals surface area contributed by atoms with Crippen LogP contribution in [0.2, 0.25) is 19.6 Å². The summed E-state index contributed by atoms with van der Waals surface area (Å²) < 4.78 is 0.658. The predicted octanol–water partition coefficient (Wildman–Crippen LogP) is 6.85. The third-order valence-electron chi connectivity index (χ3n) is 6.65. The van der Waals surface area contributed by atoms with E-state index in [0.717, 1.165) is 0 Å². The SMILES string of the molecule is CC1(CC2=Cc3c(-c4ccc([Si](C)(C)C)cc4)cccc3[CH]2[Zr])CCCC1. The molecule has 0 radical (unpaired) electrons. The normalized spacial score (nSPS) is 21.1. The van der Waals surface area contributed by atoms with Gasteiger partial charge in [-0.25, -0.2) is 0 Å². The Morgan fingerprint density at radius 3 is 2.30 bits per heavy atom. The first-order valence-electron chi connectivity index (χ1n) is 10.4.